The molecule has 2 aromatic rings. The third kappa shape index (κ3) is 2.02. The molecule has 1 heterocycles. The highest BCUT2D eigenvalue weighted by Gasteiger charge is 2.09. The number of rotatable bonds is 2. The fraction of sp³-hybridized carbons (Fsp3) is 0.250. The molecule has 0 fully saturated rings. The number of imidazole rings is 1. The van der Waals surface area contributed by atoms with Gasteiger partial charge < -0.3 is 4.98 Å². The van der Waals surface area contributed by atoms with E-state index in [0.29, 0.717) is 4.47 Å². The molecule has 1 aromatic heterocycles. The summed E-state index contributed by atoms with van der Waals surface area (Å²) >= 11 is 3.18. The maximum atomic E-state index is 13.1. The first kappa shape index (κ1) is 11.3. The van der Waals surface area contributed by atoms with Crippen LogP contribution >= 0.6 is 15.9 Å². The van der Waals surface area contributed by atoms with Crippen LogP contribution in [0.5, 0.6) is 0 Å². The molecule has 0 aliphatic rings. The number of halogens is 2. The standard InChI is InChI=1S/C12H12BrFN2/c1-3-11-15-7(2)12(16-11)8-4-5-10(14)9(13)6-8/h4-6H,3H2,1-2H3,(H,15,16). The molecule has 0 spiro atoms. The number of nitrogens with zero attached hydrogens (tertiary/aromatic N) is 1. The SMILES string of the molecule is CCc1nc(-c2ccc(F)c(Br)c2)c(C)[nH]1. The lowest BCUT2D eigenvalue weighted by Gasteiger charge is -2.00. The van der Waals surface area contributed by atoms with Crippen LogP contribution < -0.4 is 0 Å². The van der Waals surface area contributed by atoms with Crippen molar-refractivity contribution in [1.29, 1.82) is 0 Å². The Bertz CT molecular complexity index is 520. The van der Waals surface area contributed by atoms with Crippen LogP contribution in [-0.4, -0.2) is 9.97 Å². The third-order valence-corrected chi connectivity index (χ3v) is 3.07. The molecule has 0 atom stereocenters. The monoisotopic (exact) mass is 282 g/mol. The van der Waals surface area contributed by atoms with Crippen molar-refractivity contribution in [3.8, 4) is 11.3 Å². The number of hydrogen-bond acceptors (Lipinski definition) is 1. The van der Waals surface area contributed by atoms with Gasteiger partial charge in [-0.1, -0.05) is 6.92 Å². The van der Waals surface area contributed by atoms with Crippen LogP contribution in [0.4, 0.5) is 4.39 Å². The zero-order valence-electron chi connectivity index (χ0n) is 9.14. The number of H-pyrrole nitrogens is 1. The minimum absolute atomic E-state index is 0.257. The van der Waals surface area contributed by atoms with Gasteiger partial charge in [-0.2, -0.15) is 0 Å². The lowest BCUT2D eigenvalue weighted by Crippen LogP contribution is -1.84. The normalized spacial score (nSPS) is 10.8. The van der Waals surface area contributed by atoms with Crippen molar-refractivity contribution in [2.75, 3.05) is 0 Å². The van der Waals surface area contributed by atoms with Crippen LogP contribution in [0.15, 0.2) is 22.7 Å². The molecule has 4 heteroatoms. The molecule has 0 amide bonds. The largest absolute Gasteiger partial charge is 0.346 e. The van der Waals surface area contributed by atoms with Crippen LogP contribution in [-0.2, 0) is 6.42 Å². The predicted molar refractivity (Wildman–Crippen MR) is 65.8 cm³/mol. The number of nitrogens with one attached hydrogen (secondary N) is 1. The highest BCUT2D eigenvalue weighted by Crippen LogP contribution is 2.26. The Morgan fingerprint density at radius 2 is 2.19 bits per heavy atom. The summed E-state index contributed by atoms with van der Waals surface area (Å²) in [6, 6.07) is 4.93. The fourth-order valence-electron chi connectivity index (χ4n) is 1.61. The van der Waals surface area contributed by atoms with Gasteiger partial charge >= 0.3 is 0 Å². The zero-order chi connectivity index (χ0) is 11.7. The van der Waals surface area contributed by atoms with Crippen LogP contribution in [0.3, 0.4) is 0 Å². The Morgan fingerprint density at radius 1 is 1.44 bits per heavy atom. The molecule has 0 radical (unpaired) electrons. The number of benzene rings is 1. The second-order valence-corrected chi connectivity index (χ2v) is 4.49. The summed E-state index contributed by atoms with van der Waals surface area (Å²) in [6.45, 7) is 4.02. The summed E-state index contributed by atoms with van der Waals surface area (Å²) in [5, 5.41) is 0. The molecular weight excluding hydrogens is 271 g/mol. The minimum Gasteiger partial charge on any atom is -0.346 e. The predicted octanol–water partition coefficient (Wildman–Crippen LogP) is 3.85. The Kier molecular flexibility index (Phi) is 3.10. The van der Waals surface area contributed by atoms with Crippen molar-refractivity contribution in [3.63, 3.8) is 0 Å². The molecule has 0 saturated carbocycles. The topological polar surface area (TPSA) is 28.7 Å². The van der Waals surface area contributed by atoms with E-state index in [1.54, 1.807) is 12.1 Å². The highest BCUT2D eigenvalue weighted by molar-refractivity contribution is 9.10. The van der Waals surface area contributed by atoms with Gasteiger partial charge in [-0.25, -0.2) is 9.37 Å². The van der Waals surface area contributed by atoms with Gasteiger partial charge in [-0.15, -0.1) is 0 Å². The van der Waals surface area contributed by atoms with E-state index in [2.05, 4.69) is 25.9 Å². The lowest BCUT2D eigenvalue weighted by molar-refractivity contribution is 0.621. The molecule has 0 saturated heterocycles. The smallest absolute Gasteiger partial charge is 0.137 e. The maximum absolute atomic E-state index is 13.1. The number of hydrogen-bond donors (Lipinski definition) is 1. The molecule has 16 heavy (non-hydrogen) atoms. The average molecular weight is 283 g/mol. The second-order valence-electron chi connectivity index (χ2n) is 3.64. The molecule has 1 aromatic carbocycles. The Morgan fingerprint density at radius 3 is 2.75 bits per heavy atom. The van der Waals surface area contributed by atoms with E-state index in [9.17, 15) is 4.39 Å². The number of aromatic nitrogens is 2. The first-order valence-corrected chi connectivity index (χ1v) is 5.92. The van der Waals surface area contributed by atoms with E-state index in [1.807, 2.05) is 13.8 Å². The molecule has 0 unspecified atom stereocenters. The molecule has 0 aliphatic carbocycles. The van der Waals surface area contributed by atoms with Gasteiger partial charge in [0, 0.05) is 17.7 Å². The van der Waals surface area contributed by atoms with Gasteiger partial charge in [-0.3, -0.25) is 0 Å². The van der Waals surface area contributed by atoms with Crippen molar-refractivity contribution in [2.45, 2.75) is 20.3 Å². The van der Waals surface area contributed by atoms with E-state index < -0.39 is 0 Å². The molecule has 84 valence electrons. The van der Waals surface area contributed by atoms with Gasteiger partial charge in [0.05, 0.1) is 10.2 Å². The van der Waals surface area contributed by atoms with Gasteiger partial charge in [0.2, 0.25) is 0 Å². The Balaban J connectivity index is 2.49. The van der Waals surface area contributed by atoms with E-state index in [4.69, 9.17) is 0 Å². The van der Waals surface area contributed by atoms with Gasteiger partial charge in [0.25, 0.3) is 0 Å². The molecule has 0 bridgehead atoms. The van der Waals surface area contributed by atoms with Crippen molar-refractivity contribution in [3.05, 3.63) is 40.0 Å². The zero-order valence-corrected chi connectivity index (χ0v) is 10.7. The number of aromatic amines is 1. The average Bonchev–Trinajstić information content (AvgIpc) is 2.64. The summed E-state index contributed by atoms with van der Waals surface area (Å²) < 4.78 is 13.6. The summed E-state index contributed by atoms with van der Waals surface area (Å²) in [5.74, 6) is 0.695. The number of aryl methyl sites for hydroxylation is 2. The van der Waals surface area contributed by atoms with Crippen LogP contribution in [0.25, 0.3) is 11.3 Å². The lowest BCUT2D eigenvalue weighted by atomic mass is 10.1. The Labute approximate surface area is 102 Å². The molecule has 2 rings (SSSR count). The summed E-state index contributed by atoms with van der Waals surface area (Å²) in [6.07, 6.45) is 0.864. The summed E-state index contributed by atoms with van der Waals surface area (Å²) in [7, 11) is 0. The quantitative estimate of drug-likeness (QED) is 0.891. The van der Waals surface area contributed by atoms with Crippen molar-refractivity contribution >= 4 is 15.9 Å². The van der Waals surface area contributed by atoms with Crippen molar-refractivity contribution < 1.29 is 4.39 Å². The molecule has 2 nitrogen and oxygen atoms in total. The van der Waals surface area contributed by atoms with Crippen molar-refractivity contribution in [2.24, 2.45) is 0 Å². The van der Waals surface area contributed by atoms with Gasteiger partial charge in [-0.05, 0) is 41.1 Å². The van der Waals surface area contributed by atoms with E-state index in [0.717, 1.165) is 29.2 Å². The molecule has 0 aliphatic heterocycles. The van der Waals surface area contributed by atoms with Gasteiger partial charge in [0.15, 0.2) is 0 Å². The second kappa shape index (κ2) is 4.37. The molecule has 1 N–H and O–H groups in total. The van der Waals surface area contributed by atoms with Crippen LogP contribution in [0.2, 0.25) is 0 Å². The van der Waals surface area contributed by atoms with Crippen molar-refractivity contribution in [1.82, 2.24) is 9.97 Å². The first-order chi connectivity index (χ1) is 7.61. The summed E-state index contributed by atoms with van der Waals surface area (Å²) in [5.41, 5.74) is 2.81. The minimum atomic E-state index is -0.257. The van der Waals surface area contributed by atoms with E-state index in [1.165, 1.54) is 6.07 Å². The fourth-order valence-corrected chi connectivity index (χ4v) is 1.99. The highest BCUT2D eigenvalue weighted by atomic mass is 79.9. The Hall–Kier alpha value is -1.16. The molecular formula is C12H12BrFN2. The van der Waals surface area contributed by atoms with Crippen LogP contribution in [0.1, 0.15) is 18.4 Å². The van der Waals surface area contributed by atoms with Crippen LogP contribution in [0, 0.1) is 12.7 Å². The van der Waals surface area contributed by atoms with E-state index >= 15 is 0 Å². The summed E-state index contributed by atoms with van der Waals surface area (Å²) in [4.78, 5) is 7.68. The maximum Gasteiger partial charge on any atom is 0.137 e. The van der Waals surface area contributed by atoms with E-state index in [-0.39, 0.29) is 5.82 Å². The third-order valence-electron chi connectivity index (χ3n) is 2.46. The first-order valence-electron chi connectivity index (χ1n) is 5.12. The van der Waals surface area contributed by atoms with Gasteiger partial charge in [0.1, 0.15) is 11.6 Å².